The maximum atomic E-state index is 11.0. The Morgan fingerprint density at radius 2 is 2.05 bits per heavy atom. The number of aromatic nitrogens is 2. The van der Waals surface area contributed by atoms with Crippen LogP contribution in [0.25, 0.3) is 0 Å². The number of nitrogens with zero attached hydrogens (tertiary/aromatic N) is 3. The van der Waals surface area contributed by atoms with Gasteiger partial charge in [-0.15, -0.1) is 0 Å². The Kier molecular flexibility index (Phi) is 4.37. The molecule has 0 aliphatic carbocycles. The van der Waals surface area contributed by atoms with Gasteiger partial charge in [0.15, 0.2) is 0 Å². The van der Waals surface area contributed by atoms with Gasteiger partial charge in [0.2, 0.25) is 0 Å². The van der Waals surface area contributed by atoms with Gasteiger partial charge in [-0.1, -0.05) is 18.2 Å². The molecule has 1 unspecified atom stereocenters. The van der Waals surface area contributed by atoms with E-state index in [0.29, 0.717) is 13.0 Å². The number of nitro benzene ring substituents is 1. The first kappa shape index (κ1) is 15.2. The molecular weight excluding hydrogens is 268 g/mol. The van der Waals surface area contributed by atoms with Gasteiger partial charge < -0.3 is 5.73 Å². The molecule has 0 saturated heterocycles. The zero-order valence-electron chi connectivity index (χ0n) is 12.5. The Morgan fingerprint density at radius 1 is 1.38 bits per heavy atom. The molecule has 1 aromatic heterocycles. The van der Waals surface area contributed by atoms with Crippen LogP contribution in [0.5, 0.6) is 0 Å². The summed E-state index contributed by atoms with van der Waals surface area (Å²) in [6, 6.07) is 6.75. The van der Waals surface area contributed by atoms with Crippen LogP contribution in [0, 0.1) is 24.0 Å². The van der Waals surface area contributed by atoms with E-state index in [1.807, 2.05) is 31.5 Å². The van der Waals surface area contributed by atoms with Crippen LogP contribution < -0.4 is 5.73 Å². The summed E-state index contributed by atoms with van der Waals surface area (Å²) < 4.78 is 1.88. The van der Waals surface area contributed by atoms with Crippen molar-refractivity contribution in [2.24, 2.45) is 5.73 Å². The van der Waals surface area contributed by atoms with Gasteiger partial charge in [0.1, 0.15) is 0 Å². The lowest BCUT2D eigenvalue weighted by Crippen LogP contribution is -2.09. The quantitative estimate of drug-likeness (QED) is 0.677. The number of nitrogens with two attached hydrogens (primary N) is 1. The van der Waals surface area contributed by atoms with E-state index in [2.05, 4.69) is 5.10 Å². The maximum absolute atomic E-state index is 11.0. The first-order chi connectivity index (χ1) is 9.91. The fraction of sp³-hybridized carbons (Fsp3) is 0.400. The van der Waals surface area contributed by atoms with Gasteiger partial charge in [-0.25, -0.2) is 0 Å². The highest BCUT2D eigenvalue weighted by Crippen LogP contribution is 2.22. The van der Waals surface area contributed by atoms with Crippen LogP contribution in [0.4, 0.5) is 5.69 Å². The van der Waals surface area contributed by atoms with Crippen molar-refractivity contribution in [3.8, 4) is 0 Å². The number of aryl methyl sites for hydroxylation is 3. The van der Waals surface area contributed by atoms with Crippen LogP contribution >= 0.6 is 0 Å². The van der Waals surface area contributed by atoms with Gasteiger partial charge in [-0.05, 0) is 27.2 Å². The van der Waals surface area contributed by atoms with E-state index in [1.54, 1.807) is 12.1 Å². The second-order valence-corrected chi connectivity index (χ2v) is 5.23. The van der Waals surface area contributed by atoms with Crippen LogP contribution in [0.1, 0.15) is 35.5 Å². The van der Waals surface area contributed by atoms with Crippen molar-refractivity contribution in [3.63, 3.8) is 0 Å². The average molecular weight is 288 g/mol. The molecule has 0 fully saturated rings. The summed E-state index contributed by atoms with van der Waals surface area (Å²) >= 11 is 0. The Bertz CT molecular complexity index is 662. The zero-order chi connectivity index (χ0) is 15.6. The number of benzene rings is 1. The normalized spacial score (nSPS) is 12.4. The van der Waals surface area contributed by atoms with E-state index in [0.717, 1.165) is 22.5 Å². The van der Waals surface area contributed by atoms with Gasteiger partial charge in [-0.3, -0.25) is 14.8 Å². The molecule has 2 N–H and O–H groups in total. The van der Waals surface area contributed by atoms with Crippen LogP contribution in [0.2, 0.25) is 0 Å². The number of nitro groups is 1. The third-order valence-corrected chi connectivity index (χ3v) is 3.67. The van der Waals surface area contributed by atoms with Crippen molar-refractivity contribution in [1.82, 2.24) is 9.78 Å². The van der Waals surface area contributed by atoms with Gasteiger partial charge in [0.25, 0.3) is 5.69 Å². The van der Waals surface area contributed by atoms with E-state index < -0.39 is 0 Å². The molecule has 2 aromatic rings. The third-order valence-electron chi connectivity index (χ3n) is 3.67. The van der Waals surface area contributed by atoms with E-state index in [4.69, 9.17) is 5.73 Å². The second-order valence-electron chi connectivity index (χ2n) is 5.23. The van der Waals surface area contributed by atoms with Gasteiger partial charge in [-0.2, -0.15) is 5.10 Å². The minimum Gasteiger partial charge on any atom is -0.324 e. The van der Waals surface area contributed by atoms with Crippen LogP contribution in [-0.2, 0) is 13.0 Å². The Balaban J connectivity index is 2.22. The topological polar surface area (TPSA) is 87.0 Å². The average Bonchev–Trinajstić information content (AvgIpc) is 2.71. The number of hydrogen-bond acceptors (Lipinski definition) is 4. The molecule has 2 rings (SSSR count). The highest BCUT2D eigenvalue weighted by atomic mass is 16.6. The minimum atomic E-state index is -0.343. The monoisotopic (exact) mass is 288 g/mol. The van der Waals surface area contributed by atoms with Crippen LogP contribution in [0.3, 0.4) is 0 Å². The van der Waals surface area contributed by atoms with Crippen LogP contribution in [-0.4, -0.2) is 14.7 Å². The predicted octanol–water partition coefficient (Wildman–Crippen LogP) is 2.67. The van der Waals surface area contributed by atoms with E-state index >= 15 is 0 Å². The molecular formula is C15H20N4O2. The lowest BCUT2D eigenvalue weighted by atomic mass is 10.1. The van der Waals surface area contributed by atoms with Crippen molar-refractivity contribution in [2.75, 3.05) is 0 Å². The summed E-state index contributed by atoms with van der Waals surface area (Å²) in [5, 5.41) is 15.5. The standard InChI is InChI=1S/C15H20N4O2/c1-10(16)15-11(2)17-18(12(15)3)9-8-13-6-4-5-7-14(13)19(20)21/h4-7,10H,8-9,16H2,1-3H3. The third kappa shape index (κ3) is 3.11. The largest absolute Gasteiger partial charge is 0.324 e. The molecule has 21 heavy (non-hydrogen) atoms. The van der Waals surface area contributed by atoms with E-state index in [9.17, 15) is 10.1 Å². The van der Waals surface area contributed by atoms with Crippen molar-refractivity contribution in [3.05, 3.63) is 56.9 Å². The summed E-state index contributed by atoms with van der Waals surface area (Å²) in [5.41, 5.74) is 9.84. The fourth-order valence-corrected chi connectivity index (χ4v) is 2.71. The van der Waals surface area contributed by atoms with Gasteiger partial charge in [0.05, 0.1) is 10.6 Å². The molecule has 0 bridgehead atoms. The molecule has 112 valence electrons. The molecule has 0 saturated carbocycles. The summed E-state index contributed by atoms with van der Waals surface area (Å²) in [5.74, 6) is 0. The highest BCUT2D eigenvalue weighted by molar-refractivity contribution is 5.39. The smallest absolute Gasteiger partial charge is 0.272 e. The zero-order valence-corrected chi connectivity index (χ0v) is 12.5. The number of rotatable bonds is 5. The van der Waals surface area contributed by atoms with Gasteiger partial charge >= 0.3 is 0 Å². The van der Waals surface area contributed by atoms with Crippen molar-refractivity contribution < 1.29 is 4.92 Å². The van der Waals surface area contributed by atoms with E-state index in [1.165, 1.54) is 6.07 Å². The molecule has 0 aliphatic heterocycles. The molecule has 1 aromatic carbocycles. The number of hydrogen-bond donors (Lipinski definition) is 1. The van der Waals surface area contributed by atoms with Crippen molar-refractivity contribution in [1.29, 1.82) is 0 Å². The first-order valence-electron chi connectivity index (χ1n) is 6.93. The number of para-hydroxylation sites is 1. The lowest BCUT2D eigenvalue weighted by Gasteiger charge is -2.08. The molecule has 0 radical (unpaired) electrons. The fourth-order valence-electron chi connectivity index (χ4n) is 2.71. The first-order valence-corrected chi connectivity index (χ1v) is 6.93. The molecule has 0 amide bonds. The second kappa shape index (κ2) is 6.05. The summed E-state index contributed by atoms with van der Waals surface area (Å²) in [6.45, 7) is 6.46. The Hall–Kier alpha value is -2.21. The molecule has 0 spiro atoms. The maximum Gasteiger partial charge on any atom is 0.272 e. The van der Waals surface area contributed by atoms with Gasteiger partial charge in [0, 0.05) is 35.5 Å². The molecule has 6 heteroatoms. The lowest BCUT2D eigenvalue weighted by molar-refractivity contribution is -0.385. The van der Waals surface area contributed by atoms with Crippen molar-refractivity contribution >= 4 is 5.69 Å². The Labute approximate surface area is 123 Å². The summed E-state index contributed by atoms with van der Waals surface area (Å²) in [6.07, 6.45) is 0.567. The summed E-state index contributed by atoms with van der Waals surface area (Å²) in [7, 11) is 0. The van der Waals surface area contributed by atoms with Crippen LogP contribution in [0.15, 0.2) is 24.3 Å². The predicted molar refractivity (Wildman–Crippen MR) is 81.1 cm³/mol. The molecule has 6 nitrogen and oxygen atoms in total. The Morgan fingerprint density at radius 3 is 2.62 bits per heavy atom. The minimum absolute atomic E-state index is 0.0650. The molecule has 0 aliphatic rings. The van der Waals surface area contributed by atoms with Crippen molar-refractivity contribution in [2.45, 2.75) is 39.8 Å². The van der Waals surface area contributed by atoms with E-state index in [-0.39, 0.29) is 16.7 Å². The highest BCUT2D eigenvalue weighted by Gasteiger charge is 2.16. The summed E-state index contributed by atoms with van der Waals surface area (Å²) in [4.78, 5) is 10.7. The SMILES string of the molecule is Cc1nn(CCc2ccccc2[N+](=O)[O-])c(C)c1C(C)N. The molecule has 1 heterocycles. The molecule has 1 atom stereocenters.